The SMILES string of the molecule is O=C(c1ccc(Br)cc1)[C@@H]1O[C@]12C(=O)Nc1ccccc12. The van der Waals surface area contributed by atoms with Gasteiger partial charge in [-0.3, -0.25) is 9.59 Å². The number of Topliss-reactive ketones (excluding diaryl/α,β-unsaturated/α-hetero) is 1. The Labute approximate surface area is 129 Å². The van der Waals surface area contributed by atoms with Crippen LogP contribution in [0.25, 0.3) is 0 Å². The largest absolute Gasteiger partial charge is 0.342 e. The van der Waals surface area contributed by atoms with Gasteiger partial charge in [0.2, 0.25) is 5.60 Å². The van der Waals surface area contributed by atoms with Crippen molar-refractivity contribution >= 4 is 33.3 Å². The monoisotopic (exact) mass is 343 g/mol. The van der Waals surface area contributed by atoms with Gasteiger partial charge in [-0.05, 0) is 18.2 Å². The van der Waals surface area contributed by atoms with Crippen molar-refractivity contribution in [2.45, 2.75) is 11.7 Å². The Morgan fingerprint density at radius 1 is 1.14 bits per heavy atom. The Balaban J connectivity index is 1.70. The number of benzene rings is 2. The van der Waals surface area contributed by atoms with E-state index in [2.05, 4.69) is 21.2 Å². The average Bonchev–Trinajstić information content (AvgIpc) is 3.18. The lowest BCUT2D eigenvalue weighted by Crippen LogP contribution is -2.27. The number of hydrogen-bond donors (Lipinski definition) is 1. The summed E-state index contributed by atoms with van der Waals surface area (Å²) in [6.45, 7) is 0. The third-order valence-electron chi connectivity index (χ3n) is 3.90. The number of carbonyl (C=O) groups is 2. The molecule has 1 fully saturated rings. The summed E-state index contributed by atoms with van der Waals surface area (Å²) >= 11 is 3.33. The maximum Gasteiger partial charge on any atom is 0.264 e. The minimum atomic E-state index is -1.14. The Bertz CT molecular complexity index is 771. The maximum atomic E-state index is 12.5. The second-order valence-electron chi connectivity index (χ2n) is 5.10. The lowest BCUT2D eigenvalue weighted by molar-refractivity contribution is -0.120. The molecular weight excluding hydrogens is 334 g/mol. The Hall–Kier alpha value is -1.98. The van der Waals surface area contributed by atoms with E-state index in [0.29, 0.717) is 11.3 Å². The van der Waals surface area contributed by atoms with E-state index in [1.807, 2.05) is 24.3 Å². The fraction of sp³-hybridized carbons (Fsp3) is 0.125. The first-order valence-corrected chi connectivity index (χ1v) is 7.31. The topological polar surface area (TPSA) is 58.7 Å². The van der Waals surface area contributed by atoms with Crippen LogP contribution in [-0.4, -0.2) is 17.8 Å². The molecule has 1 spiro atoms. The molecule has 2 aromatic rings. The molecule has 0 saturated carbocycles. The van der Waals surface area contributed by atoms with E-state index in [4.69, 9.17) is 4.74 Å². The number of fused-ring (bicyclic) bond motifs is 2. The fourth-order valence-corrected chi connectivity index (χ4v) is 3.05. The number of ether oxygens (including phenoxy) is 1. The van der Waals surface area contributed by atoms with Gasteiger partial charge in [-0.25, -0.2) is 0 Å². The van der Waals surface area contributed by atoms with E-state index >= 15 is 0 Å². The third kappa shape index (κ3) is 1.71. The summed E-state index contributed by atoms with van der Waals surface area (Å²) in [6.07, 6.45) is -0.748. The second-order valence-corrected chi connectivity index (χ2v) is 6.02. The number of hydrogen-bond acceptors (Lipinski definition) is 3. The molecule has 21 heavy (non-hydrogen) atoms. The molecule has 0 radical (unpaired) electrons. The number of anilines is 1. The van der Waals surface area contributed by atoms with Crippen molar-refractivity contribution < 1.29 is 14.3 Å². The number of epoxide rings is 1. The predicted molar refractivity (Wildman–Crippen MR) is 80.1 cm³/mol. The molecule has 5 heteroatoms. The van der Waals surface area contributed by atoms with Gasteiger partial charge in [0, 0.05) is 21.3 Å². The summed E-state index contributed by atoms with van der Waals surface area (Å²) in [7, 11) is 0. The quantitative estimate of drug-likeness (QED) is 0.673. The van der Waals surface area contributed by atoms with Crippen LogP contribution in [0.1, 0.15) is 15.9 Å². The highest BCUT2D eigenvalue weighted by atomic mass is 79.9. The van der Waals surface area contributed by atoms with Crippen molar-refractivity contribution in [2.24, 2.45) is 0 Å². The van der Waals surface area contributed by atoms with Gasteiger partial charge < -0.3 is 10.1 Å². The highest BCUT2D eigenvalue weighted by Gasteiger charge is 2.70. The molecule has 2 heterocycles. The standard InChI is InChI=1S/C16H10BrNO3/c17-10-7-5-9(6-8-10)13(19)14-16(21-14)11-3-1-2-4-12(11)18-15(16)20/h1-8,14H,(H,18,20)/t14-,16-/m0/s1. The molecule has 4 nitrogen and oxygen atoms in total. The van der Waals surface area contributed by atoms with Crippen LogP contribution < -0.4 is 5.32 Å². The van der Waals surface area contributed by atoms with Gasteiger partial charge in [-0.1, -0.05) is 46.3 Å². The first kappa shape index (κ1) is 12.7. The normalized spacial score (nSPS) is 25.6. The summed E-state index contributed by atoms with van der Waals surface area (Å²) in [5.41, 5.74) is 0.858. The molecule has 4 rings (SSSR count). The maximum absolute atomic E-state index is 12.5. The van der Waals surface area contributed by atoms with Gasteiger partial charge in [0.15, 0.2) is 11.9 Å². The summed E-state index contributed by atoms with van der Waals surface area (Å²) in [5.74, 6) is -0.437. The van der Waals surface area contributed by atoms with E-state index in [1.165, 1.54) is 0 Å². The molecule has 0 bridgehead atoms. The van der Waals surface area contributed by atoms with Crippen molar-refractivity contribution in [1.29, 1.82) is 0 Å². The number of nitrogens with one attached hydrogen (secondary N) is 1. The van der Waals surface area contributed by atoms with E-state index in [-0.39, 0.29) is 11.7 Å². The van der Waals surface area contributed by atoms with Crippen LogP contribution in [0.3, 0.4) is 0 Å². The molecule has 0 aliphatic carbocycles. The second kappa shape index (κ2) is 4.26. The van der Waals surface area contributed by atoms with E-state index in [1.54, 1.807) is 24.3 Å². The summed E-state index contributed by atoms with van der Waals surface area (Å²) < 4.78 is 6.47. The van der Waals surface area contributed by atoms with Gasteiger partial charge in [-0.2, -0.15) is 0 Å². The molecule has 2 atom stereocenters. The van der Waals surface area contributed by atoms with Crippen molar-refractivity contribution in [1.82, 2.24) is 0 Å². The van der Waals surface area contributed by atoms with Crippen LogP contribution in [0.15, 0.2) is 53.0 Å². The molecule has 2 aliphatic rings. The zero-order valence-electron chi connectivity index (χ0n) is 10.8. The van der Waals surface area contributed by atoms with Gasteiger partial charge in [0.05, 0.1) is 0 Å². The third-order valence-corrected chi connectivity index (χ3v) is 4.42. The highest BCUT2D eigenvalue weighted by Crippen LogP contribution is 2.54. The fourth-order valence-electron chi connectivity index (χ4n) is 2.79. The number of para-hydroxylation sites is 1. The molecular formula is C16H10BrNO3. The molecule has 2 aromatic carbocycles. The van der Waals surface area contributed by atoms with Gasteiger partial charge in [0.1, 0.15) is 0 Å². The number of rotatable bonds is 2. The van der Waals surface area contributed by atoms with Gasteiger partial charge >= 0.3 is 0 Å². The van der Waals surface area contributed by atoms with Crippen molar-refractivity contribution in [2.75, 3.05) is 5.32 Å². The van der Waals surface area contributed by atoms with Crippen LogP contribution in [0.2, 0.25) is 0 Å². The molecule has 0 aromatic heterocycles. The number of amides is 1. The Morgan fingerprint density at radius 2 is 1.86 bits per heavy atom. The first-order valence-electron chi connectivity index (χ1n) is 6.51. The van der Waals surface area contributed by atoms with Crippen LogP contribution >= 0.6 is 15.9 Å². The number of carbonyl (C=O) groups excluding carboxylic acids is 2. The highest BCUT2D eigenvalue weighted by molar-refractivity contribution is 9.10. The summed E-state index contributed by atoms with van der Waals surface area (Å²) in [4.78, 5) is 24.7. The molecule has 1 saturated heterocycles. The van der Waals surface area contributed by atoms with Crippen molar-refractivity contribution in [3.05, 3.63) is 64.1 Å². The average molecular weight is 344 g/mol. The molecule has 1 amide bonds. The first-order chi connectivity index (χ1) is 10.1. The number of ketones is 1. The Morgan fingerprint density at radius 3 is 2.62 bits per heavy atom. The molecule has 1 N–H and O–H groups in total. The van der Waals surface area contributed by atoms with Crippen LogP contribution in [0, 0.1) is 0 Å². The van der Waals surface area contributed by atoms with Crippen molar-refractivity contribution in [3.8, 4) is 0 Å². The zero-order valence-corrected chi connectivity index (χ0v) is 12.4. The van der Waals surface area contributed by atoms with E-state index < -0.39 is 11.7 Å². The van der Waals surface area contributed by atoms with Crippen LogP contribution in [0.4, 0.5) is 5.69 Å². The van der Waals surface area contributed by atoms with Gasteiger partial charge in [0.25, 0.3) is 5.91 Å². The van der Waals surface area contributed by atoms with E-state index in [9.17, 15) is 9.59 Å². The molecule has 104 valence electrons. The summed E-state index contributed by atoms with van der Waals surface area (Å²) in [6, 6.07) is 14.3. The predicted octanol–water partition coefficient (Wildman–Crippen LogP) is 2.88. The minimum Gasteiger partial charge on any atom is -0.342 e. The lowest BCUT2D eigenvalue weighted by Gasteiger charge is -2.02. The van der Waals surface area contributed by atoms with Crippen molar-refractivity contribution in [3.63, 3.8) is 0 Å². The van der Waals surface area contributed by atoms with E-state index in [0.717, 1.165) is 10.0 Å². The zero-order chi connectivity index (χ0) is 14.6. The van der Waals surface area contributed by atoms with Crippen LogP contribution in [0.5, 0.6) is 0 Å². The minimum absolute atomic E-state index is 0.172. The lowest BCUT2D eigenvalue weighted by atomic mass is 9.92. The molecule has 2 aliphatic heterocycles. The van der Waals surface area contributed by atoms with Crippen LogP contribution in [-0.2, 0) is 15.1 Å². The Kier molecular flexibility index (Phi) is 2.58. The van der Waals surface area contributed by atoms with Gasteiger partial charge in [-0.15, -0.1) is 0 Å². The summed E-state index contributed by atoms with van der Waals surface area (Å²) in [5, 5.41) is 2.77. The number of halogens is 1. The molecule has 0 unspecified atom stereocenters. The smallest absolute Gasteiger partial charge is 0.264 e.